The van der Waals surface area contributed by atoms with Crippen molar-refractivity contribution < 1.29 is 23.9 Å². The summed E-state index contributed by atoms with van der Waals surface area (Å²) >= 11 is 0. The van der Waals surface area contributed by atoms with Crippen LogP contribution in [0.25, 0.3) is 11.0 Å². The molecule has 1 heterocycles. The van der Waals surface area contributed by atoms with Crippen LogP contribution in [0.2, 0.25) is 0 Å². The van der Waals surface area contributed by atoms with E-state index in [1.807, 2.05) is 31.2 Å². The molecule has 0 fully saturated rings. The zero-order valence-electron chi connectivity index (χ0n) is 14.4. The van der Waals surface area contributed by atoms with E-state index in [0.29, 0.717) is 17.2 Å². The van der Waals surface area contributed by atoms with Gasteiger partial charge in [0.15, 0.2) is 0 Å². The summed E-state index contributed by atoms with van der Waals surface area (Å²) in [6, 6.07) is 13.0. The largest absolute Gasteiger partial charge is 0.480 e. The van der Waals surface area contributed by atoms with E-state index in [2.05, 4.69) is 16.0 Å². The summed E-state index contributed by atoms with van der Waals surface area (Å²) in [6.07, 6.45) is 0. The molecule has 0 unspecified atom stereocenters. The van der Waals surface area contributed by atoms with E-state index in [9.17, 15) is 14.4 Å². The first-order valence-electron chi connectivity index (χ1n) is 8.10. The summed E-state index contributed by atoms with van der Waals surface area (Å²) in [6.45, 7) is 1.39. The molecule has 0 aliphatic heterocycles. The van der Waals surface area contributed by atoms with Crippen LogP contribution in [0.1, 0.15) is 15.9 Å². The number of aryl methyl sites for hydroxylation is 1. The van der Waals surface area contributed by atoms with Crippen LogP contribution in [0.15, 0.2) is 52.9 Å². The number of carbonyl (C=O) groups excluding carboxylic acids is 2. The molecule has 2 aromatic carbocycles. The molecule has 0 atom stereocenters. The van der Waals surface area contributed by atoms with Crippen LogP contribution < -0.4 is 16.0 Å². The maximum Gasteiger partial charge on any atom is 0.326 e. The van der Waals surface area contributed by atoms with Gasteiger partial charge in [0, 0.05) is 22.2 Å². The van der Waals surface area contributed by atoms with Crippen molar-refractivity contribution in [2.75, 3.05) is 17.2 Å². The van der Waals surface area contributed by atoms with Gasteiger partial charge in [-0.1, -0.05) is 18.2 Å². The van der Waals surface area contributed by atoms with Gasteiger partial charge in [-0.05, 0) is 37.3 Å². The second kappa shape index (κ2) is 7.61. The number of fused-ring (bicyclic) bond motifs is 1. The van der Waals surface area contributed by atoms with Crippen LogP contribution in [0.5, 0.6) is 0 Å². The average molecular weight is 367 g/mol. The molecule has 0 radical (unpaired) electrons. The number of urea groups is 1. The number of hydrogen-bond donors (Lipinski definition) is 4. The summed E-state index contributed by atoms with van der Waals surface area (Å²) in [5.41, 5.74) is 2.26. The molecular formula is C19H17N3O5. The molecule has 0 bridgehead atoms. The topological polar surface area (TPSA) is 121 Å². The van der Waals surface area contributed by atoms with Gasteiger partial charge in [-0.25, -0.2) is 4.79 Å². The van der Waals surface area contributed by atoms with Gasteiger partial charge in [-0.3, -0.25) is 14.9 Å². The second-order valence-electron chi connectivity index (χ2n) is 5.79. The van der Waals surface area contributed by atoms with Gasteiger partial charge in [0.25, 0.3) is 5.91 Å². The summed E-state index contributed by atoms with van der Waals surface area (Å²) < 4.78 is 5.63. The van der Waals surface area contributed by atoms with E-state index in [0.717, 1.165) is 10.9 Å². The number of rotatable bonds is 5. The molecule has 27 heavy (non-hydrogen) atoms. The molecule has 0 spiro atoms. The molecule has 0 saturated heterocycles. The van der Waals surface area contributed by atoms with Crippen molar-refractivity contribution in [2.45, 2.75) is 6.92 Å². The third-order valence-corrected chi connectivity index (χ3v) is 3.88. The SMILES string of the molecule is Cc1c(NC(=O)Nc2ccc(C(=O)NCC(=O)O)cc2)oc2ccccc12. The molecule has 3 amide bonds. The molecule has 138 valence electrons. The number of carboxylic acid groups (broad SMARTS) is 1. The number of aliphatic carboxylic acids is 1. The van der Waals surface area contributed by atoms with E-state index < -0.39 is 24.5 Å². The Bertz CT molecular complexity index is 1010. The summed E-state index contributed by atoms with van der Waals surface area (Å²) in [4.78, 5) is 34.4. The van der Waals surface area contributed by atoms with Crippen molar-refractivity contribution in [3.8, 4) is 0 Å². The minimum absolute atomic E-state index is 0.287. The Morgan fingerprint density at radius 3 is 2.37 bits per heavy atom. The first kappa shape index (κ1) is 18.0. The Hall–Kier alpha value is -3.81. The number of carbonyl (C=O) groups is 3. The molecule has 0 saturated carbocycles. The van der Waals surface area contributed by atoms with E-state index in [1.165, 1.54) is 12.1 Å². The predicted octanol–water partition coefficient (Wildman–Crippen LogP) is 3.20. The van der Waals surface area contributed by atoms with Gasteiger partial charge in [-0.15, -0.1) is 0 Å². The molecular weight excluding hydrogens is 350 g/mol. The standard InChI is InChI=1S/C19H17N3O5/c1-11-14-4-2-3-5-15(14)27-18(11)22-19(26)21-13-8-6-12(7-9-13)17(25)20-10-16(23)24/h2-9H,10H2,1H3,(H,20,25)(H,23,24)(H2,21,22,26). The minimum atomic E-state index is -1.13. The Labute approximate surface area is 154 Å². The van der Waals surface area contributed by atoms with E-state index in [-0.39, 0.29) is 5.56 Å². The van der Waals surface area contributed by atoms with Crippen molar-refractivity contribution in [1.29, 1.82) is 0 Å². The number of hydrogen-bond acceptors (Lipinski definition) is 4. The van der Waals surface area contributed by atoms with E-state index in [4.69, 9.17) is 9.52 Å². The van der Waals surface area contributed by atoms with Crippen LogP contribution in [0.4, 0.5) is 16.4 Å². The summed E-state index contributed by atoms with van der Waals surface area (Å²) in [7, 11) is 0. The first-order valence-corrected chi connectivity index (χ1v) is 8.10. The van der Waals surface area contributed by atoms with Crippen molar-refractivity contribution in [3.05, 3.63) is 59.7 Å². The second-order valence-corrected chi connectivity index (χ2v) is 5.79. The van der Waals surface area contributed by atoms with Crippen LogP contribution in [-0.2, 0) is 4.79 Å². The highest BCUT2D eigenvalue weighted by atomic mass is 16.4. The zero-order valence-corrected chi connectivity index (χ0v) is 14.4. The Morgan fingerprint density at radius 1 is 1.00 bits per heavy atom. The molecule has 1 aromatic heterocycles. The van der Waals surface area contributed by atoms with Crippen molar-refractivity contribution in [3.63, 3.8) is 0 Å². The van der Waals surface area contributed by atoms with Gasteiger partial charge >= 0.3 is 12.0 Å². The smallest absolute Gasteiger partial charge is 0.326 e. The Kier molecular flexibility index (Phi) is 5.07. The number of benzene rings is 2. The molecule has 0 aliphatic carbocycles. The lowest BCUT2D eigenvalue weighted by molar-refractivity contribution is -0.135. The third-order valence-electron chi connectivity index (χ3n) is 3.88. The maximum atomic E-state index is 12.2. The number of furan rings is 1. The fraction of sp³-hybridized carbons (Fsp3) is 0.105. The third kappa shape index (κ3) is 4.24. The maximum absolute atomic E-state index is 12.2. The quantitative estimate of drug-likeness (QED) is 0.552. The van der Waals surface area contributed by atoms with Crippen LogP contribution >= 0.6 is 0 Å². The molecule has 3 rings (SSSR count). The minimum Gasteiger partial charge on any atom is -0.480 e. The van der Waals surface area contributed by atoms with E-state index >= 15 is 0 Å². The van der Waals surface area contributed by atoms with Crippen LogP contribution in [-0.4, -0.2) is 29.6 Å². The summed E-state index contributed by atoms with van der Waals surface area (Å²) in [5.74, 6) is -1.27. The lowest BCUT2D eigenvalue weighted by Gasteiger charge is -2.07. The number of amides is 3. The fourth-order valence-electron chi connectivity index (χ4n) is 2.52. The molecule has 8 nitrogen and oxygen atoms in total. The Morgan fingerprint density at radius 2 is 1.70 bits per heavy atom. The van der Waals surface area contributed by atoms with E-state index in [1.54, 1.807) is 12.1 Å². The van der Waals surface area contributed by atoms with Crippen molar-refractivity contribution >= 4 is 40.4 Å². The highest BCUT2D eigenvalue weighted by molar-refractivity contribution is 6.02. The average Bonchev–Trinajstić information content (AvgIpc) is 2.96. The number of nitrogens with one attached hydrogen (secondary N) is 3. The first-order chi connectivity index (χ1) is 12.9. The fourth-order valence-corrected chi connectivity index (χ4v) is 2.52. The van der Waals surface area contributed by atoms with Crippen molar-refractivity contribution in [1.82, 2.24) is 5.32 Å². The predicted molar refractivity (Wildman–Crippen MR) is 100 cm³/mol. The van der Waals surface area contributed by atoms with Crippen LogP contribution in [0, 0.1) is 6.92 Å². The number of anilines is 2. The van der Waals surface area contributed by atoms with Gasteiger partial charge in [-0.2, -0.15) is 0 Å². The molecule has 0 aliphatic rings. The van der Waals surface area contributed by atoms with Gasteiger partial charge in [0.1, 0.15) is 12.1 Å². The van der Waals surface area contributed by atoms with Gasteiger partial charge in [0.2, 0.25) is 5.88 Å². The monoisotopic (exact) mass is 367 g/mol. The highest BCUT2D eigenvalue weighted by Crippen LogP contribution is 2.28. The normalized spacial score (nSPS) is 10.4. The molecule has 4 N–H and O–H groups in total. The lowest BCUT2D eigenvalue weighted by atomic mass is 10.2. The highest BCUT2D eigenvalue weighted by Gasteiger charge is 2.13. The number of carboxylic acids is 1. The number of para-hydroxylation sites is 1. The van der Waals surface area contributed by atoms with Crippen molar-refractivity contribution in [2.24, 2.45) is 0 Å². The molecule has 8 heteroatoms. The summed E-state index contributed by atoms with van der Waals surface area (Å²) in [5, 5.41) is 17.0. The zero-order chi connectivity index (χ0) is 19.4. The lowest BCUT2D eigenvalue weighted by Crippen LogP contribution is -2.29. The van der Waals surface area contributed by atoms with Crippen LogP contribution in [0.3, 0.4) is 0 Å². The van der Waals surface area contributed by atoms with Gasteiger partial charge < -0.3 is 20.2 Å². The van der Waals surface area contributed by atoms with Gasteiger partial charge in [0.05, 0.1) is 0 Å². The Balaban J connectivity index is 1.63. The molecule has 3 aromatic rings.